The highest BCUT2D eigenvalue weighted by Gasteiger charge is 2.19. The zero-order valence-corrected chi connectivity index (χ0v) is 12.3. The molecule has 110 valence electrons. The van der Waals surface area contributed by atoms with E-state index in [-0.39, 0.29) is 5.92 Å². The molecule has 0 aliphatic carbocycles. The van der Waals surface area contributed by atoms with E-state index in [1.165, 1.54) is 0 Å². The number of fused-ring (bicyclic) bond motifs is 1. The second-order valence-electron chi connectivity index (χ2n) is 5.61. The summed E-state index contributed by atoms with van der Waals surface area (Å²) in [5.41, 5.74) is 1.54. The molecular weight excluding hydrogens is 268 g/mol. The largest absolute Gasteiger partial charge is 0.424 e. The third kappa shape index (κ3) is 2.95. The highest BCUT2D eigenvalue weighted by Crippen LogP contribution is 2.17. The first-order chi connectivity index (χ1) is 10.2. The lowest BCUT2D eigenvalue weighted by atomic mass is 10.2. The van der Waals surface area contributed by atoms with Crippen molar-refractivity contribution in [1.29, 1.82) is 5.26 Å². The molecule has 0 unspecified atom stereocenters. The van der Waals surface area contributed by atoms with E-state index in [1.807, 2.05) is 24.6 Å². The zero-order chi connectivity index (χ0) is 14.8. The molecule has 0 aromatic carbocycles. The van der Waals surface area contributed by atoms with Crippen molar-refractivity contribution in [2.75, 3.05) is 6.54 Å². The zero-order valence-electron chi connectivity index (χ0n) is 12.3. The van der Waals surface area contributed by atoms with E-state index < -0.39 is 0 Å². The number of hydrogen-bond acceptors (Lipinski definition) is 6. The molecule has 7 nitrogen and oxygen atoms in total. The number of nitrogens with zero attached hydrogens (tertiary/aromatic N) is 6. The summed E-state index contributed by atoms with van der Waals surface area (Å²) in [5, 5.41) is 21.4. The number of nitriles is 1. The van der Waals surface area contributed by atoms with Gasteiger partial charge in [0.15, 0.2) is 5.69 Å². The van der Waals surface area contributed by atoms with Gasteiger partial charge in [0.2, 0.25) is 11.8 Å². The Hall–Kier alpha value is -2.20. The van der Waals surface area contributed by atoms with Gasteiger partial charge in [0.05, 0.1) is 12.2 Å². The Morgan fingerprint density at radius 2 is 2.24 bits per heavy atom. The van der Waals surface area contributed by atoms with Crippen molar-refractivity contribution < 1.29 is 4.42 Å². The summed E-state index contributed by atoms with van der Waals surface area (Å²) in [5.74, 6) is 1.57. The summed E-state index contributed by atoms with van der Waals surface area (Å²) in [6, 6.07) is 3.95. The van der Waals surface area contributed by atoms with E-state index in [0.29, 0.717) is 24.0 Å². The lowest BCUT2D eigenvalue weighted by molar-refractivity contribution is 0.231. The lowest BCUT2D eigenvalue weighted by Gasteiger charge is -2.16. The fraction of sp³-hybridized carbons (Fsp3) is 0.571. The van der Waals surface area contributed by atoms with Gasteiger partial charge in [-0.2, -0.15) is 10.4 Å². The average molecular weight is 286 g/mol. The van der Waals surface area contributed by atoms with Gasteiger partial charge in [-0.3, -0.25) is 9.58 Å². The van der Waals surface area contributed by atoms with Crippen LogP contribution in [0.3, 0.4) is 0 Å². The quantitative estimate of drug-likeness (QED) is 0.853. The predicted molar refractivity (Wildman–Crippen MR) is 74.1 cm³/mol. The van der Waals surface area contributed by atoms with E-state index in [0.717, 1.165) is 31.7 Å². The number of hydrogen-bond donors (Lipinski definition) is 0. The SMILES string of the molecule is CC(C)c1nnc(CN2CCCn3nc(C#N)cc3C2)o1. The Balaban J connectivity index is 1.72. The van der Waals surface area contributed by atoms with Gasteiger partial charge in [-0.15, -0.1) is 10.2 Å². The molecule has 0 bridgehead atoms. The monoisotopic (exact) mass is 286 g/mol. The van der Waals surface area contributed by atoms with Gasteiger partial charge in [0, 0.05) is 25.6 Å². The Morgan fingerprint density at radius 3 is 2.95 bits per heavy atom. The third-order valence-electron chi connectivity index (χ3n) is 3.54. The second kappa shape index (κ2) is 5.66. The van der Waals surface area contributed by atoms with Gasteiger partial charge in [-0.05, 0) is 12.5 Å². The van der Waals surface area contributed by atoms with Crippen LogP contribution in [0.4, 0.5) is 0 Å². The van der Waals surface area contributed by atoms with E-state index in [4.69, 9.17) is 9.68 Å². The predicted octanol–water partition coefficient (Wildman–Crippen LogP) is 1.67. The van der Waals surface area contributed by atoms with Gasteiger partial charge in [-0.1, -0.05) is 13.8 Å². The van der Waals surface area contributed by atoms with Crippen molar-refractivity contribution in [2.24, 2.45) is 0 Å². The first kappa shape index (κ1) is 13.8. The highest BCUT2D eigenvalue weighted by molar-refractivity contribution is 5.22. The minimum atomic E-state index is 0.245. The molecule has 0 radical (unpaired) electrons. The van der Waals surface area contributed by atoms with E-state index in [2.05, 4.69) is 26.3 Å². The van der Waals surface area contributed by atoms with Crippen molar-refractivity contribution in [3.05, 3.63) is 29.2 Å². The number of aryl methyl sites for hydroxylation is 1. The minimum Gasteiger partial charge on any atom is -0.424 e. The van der Waals surface area contributed by atoms with Crippen molar-refractivity contribution in [3.63, 3.8) is 0 Å². The second-order valence-corrected chi connectivity index (χ2v) is 5.61. The molecule has 21 heavy (non-hydrogen) atoms. The van der Waals surface area contributed by atoms with Gasteiger partial charge < -0.3 is 4.42 Å². The lowest BCUT2D eigenvalue weighted by Crippen LogP contribution is -2.23. The van der Waals surface area contributed by atoms with Crippen molar-refractivity contribution in [1.82, 2.24) is 24.9 Å². The number of aromatic nitrogens is 4. The normalized spacial score (nSPS) is 15.7. The molecule has 2 aromatic heterocycles. The first-order valence-electron chi connectivity index (χ1n) is 7.17. The van der Waals surface area contributed by atoms with E-state index in [1.54, 1.807) is 0 Å². The Kier molecular flexibility index (Phi) is 3.71. The standard InChI is InChI=1S/C14H18N6O/c1-10(2)14-17-16-13(21-14)9-19-4-3-5-20-12(8-19)6-11(7-15)18-20/h6,10H,3-5,8-9H2,1-2H3. The van der Waals surface area contributed by atoms with Crippen LogP contribution in [-0.4, -0.2) is 31.4 Å². The average Bonchev–Trinajstić information content (AvgIpc) is 3.02. The summed E-state index contributed by atoms with van der Waals surface area (Å²) in [4.78, 5) is 2.25. The summed E-state index contributed by atoms with van der Waals surface area (Å²) in [6.45, 7) is 7.23. The maximum absolute atomic E-state index is 8.94. The van der Waals surface area contributed by atoms with Crippen LogP contribution in [0, 0.1) is 11.3 Å². The van der Waals surface area contributed by atoms with Crippen LogP contribution in [0.15, 0.2) is 10.5 Å². The van der Waals surface area contributed by atoms with Crippen molar-refractivity contribution in [3.8, 4) is 6.07 Å². The topological polar surface area (TPSA) is 83.8 Å². The molecule has 0 saturated heterocycles. The van der Waals surface area contributed by atoms with Gasteiger partial charge in [0.25, 0.3) is 0 Å². The smallest absolute Gasteiger partial charge is 0.230 e. The van der Waals surface area contributed by atoms with Crippen LogP contribution in [0.1, 0.15) is 49.4 Å². The maximum atomic E-state index is 8.94. The molecule has 3 heterocycles. The fourth-order valence-corrected chi connectivity index (χ4v) is 2.47. The summed E-state index contributed by atoms with van der Waals surface area (Å²) in [7, 11) is 0. The van der Waals surface area contributed by atoms with E-state index >= 15 is 0 Å². The summed E-state index contributed by atoms with van der Waals surface area (Å²) in [6.07, 6.45) is 0.991. The van der Waals surface area contributed by atoms with Crippen LogP contribution >= 0.6 is 0 Å². The molecule has 7 heteroatoms. The number of rotatable bonds is 3. The fourth-order valence-electron chi connectivity index (χ4n) is 2.47. The molecule has 0 N–H and O–H groups in total. The Labute approximate surface area is 123 Å². The molecule has 0 fully saturated rings. The molecule has 2 aromatic rings. The molecule has 0 spiro atoms. The minimum absolute atomic E-state index is 0.245. The van der Waals surface area contributed by atoms with Crippen molar-refractivity contribution >= 4 is 0 Å². The highest BCUT2D eigenvalue weighted by atomic mass is 16.4. The van der Waals surface area contributed by atoms with Crippen molar-refractivity contribution in [2.45, 2.75) is 45.8 Å². The summed E-state index contributed by atoms with van der Waals surface area (Å²) < 4.78 is 7.59. The molecule has 0 amide bonds. The molecule has 0 saturated carbocycles. The Bertz CT molecular complexity index is 665. The molecule has 1 aliphatic rings. The first-order valence-corrected chi connectivity index (χ1v) is 7.17. The van der Waals surface area contributed by atoms with E-state index in [9.17, 15) is 0 Å². The summed E-state index contributed by atoms with van der Waals surface area (Å²) >= 11 is 0. The molecule has 0 atom stereocenters. The Morgan fingerprint density at radius 1 is 1.38 bits per heavy atom. The van der Waals surface area contributed by atoms with Crippen LogP contribution in [-0.2, 0) is 19.6 Å². The van der Waals surface area contributed by atoms with Crippen LogP contribution in [0.2, 0.25) is 0 Å². The van der Waals surface area contributed by atoms with Gasteiger partial charge in [0.1, 0.15) is 6.07 Å². The maximum Gasteiger partial charge on any atom is 0.230 e. The van der Waals surface area contributed by atoms with Gasteiger partial charge in [-0.25, -0.2) is 0 Å². The van der Waals surface area contributed by atoms with Crippen LogP contribution in [0.25, 0.3) is 0 Å². The van der Waals surface area contributed by atoms with Crippen LogP contribution in [0.5, 0.6) is 0 Å². The van der Waals surface area contributed by atoms with Gasteiger partial charge >= 0.3 is 0 Å². The van der Waals surface area contributed by atoms with Crippen LogP contribution < -0.4 is 0 Å². The molecular formula is C14H18N6O. The third-order valence-corrected chi connectivity index (χ3v) is 3.54. The molecule has 3 rings (SSSR count). The molecule has 1 aliphatic heterocycles.